The highest BCUT2D eigenvalue weighted by atomic mass is 16.4. The van der Waals surface area contributed by atoms with Crippen LogP contribution in [0.15, 0.2) is 18.2 Å². The minimum Gasteiger partial charge on any atom is -0.478 e. The van der Waals surface area contributed by atoms with Gasteiger partial charge in [-0.05, 0) is 43.1 Å². The van der Waals surface area contributed by atoms with Crippen LogP contribution < -0.4 is 5.73 Å². The van der Waals surface area contributed by atoms with Crippen molar-refractivity contribution in [1.82, 2.24) is 0 Å². The van der Waals surface area contributed by atoms with E-state index in [1.165, 1.54) is 0 Å². The number of benzene rings is 1. The normalized spacial score (nSPS) is 10.0. The number of hydrogen-bond donors (Lipinski definition) is 2. The number of nitrogens with two attached hydrogens (primary N) is 1. The van der Waals surface area contributed by atoms with Gasteiger partial charge in [-0.15, -0.1) is 0 Å². The standard InChI is InChI=1S/C10H13NO2/c1-7-2-3-9(10(12)13)6-8(7)4-5-11/h2-3,6H,4-5,11H2,1H3,(H,12,13). The molecule has 0 bridgehead atoms. The van der Waals surface area contributed by atoms with Crippen LogP contribution in [0.3, 0.4) is 0 Å². The number of aromatic carboxylic acids is 1. The summed E-state index contributed by atoms with van der Waals surface area (Å²) in [4.78, 5) is 10.6. The van der Waals surface area contributed by atoms with Crippen LogP contribution in [0.25, 0.3) is 0 Å². The van der Waals surface area contributed by atoms with Gasteiger partial charge in [0.25, 0.3) is 0 Å². The third-order valence-corrected chi connectivity index (χ3v) is 2.01. The molecule has 70 valence electrons. The zero-order chi connectivity index (χ0) is 9.84. The molecular weight excluding hydrogens is 166 g/mol. The summed E-state index contributed by atoms with van der Waals surface area (Å²) in [5.74, 6) is -0.890. The molecule has 0 atom stereocenters. The molecule has 0 unspecified atom stereocenters. The third kappa shape index (κ3) is 2.29. The molecule has 0 saturated carbocycles. The van der Waals surface area contributed by atoms with Crippen LogP contribution in [0.2, 0.25) is 0 Å². The number of hydrogen-bond acceptors (Lipinski definition) is 2. The molecule has 1 aromatic rings. The van der Waals surface area contributed by atoms with E-state index in [-0.39, 0.29) is 0 Å². The molecule has 0 aliphatic rings. The Morgan fingerprint density at radius 3 is 2.77 bits per heavy atom. The van der Waals surface area contributed by atoms with E-state index in [1.54, 1.807) is 12.1 Å². The second-order valence-corrected chi connectivity index (χ2v) is 2.99. The molecule has 0 spiro atoms. The second-order valence-electron chi connectivity index (χ2n) is 2.99. The first-order valence-corrected chi connectivity index (χ1v) is 4.18. The molecule has 0 aromatic heterocycles. The molecule has 0 amide bonds. The first kappa shape index (κ1) is 9.74. The van der Waals surface area contributed by atoms with Gasteiger partial charge in [0.15, 0.2) is 0 Å². The molecule has 0 saturated heterocycles. The molecule has 0 radical (unpaired) electrons. The number of rotatable bonds is 3. The second kappa shape index (κ2) is 4.05. The van der Waals surface area contributed by atoms with Gasteiger partial charge < -0.3 is 10.8 Å². The van der Waals surface area contributed by atoms with Crippen molar-refractivity contribution in [3.63, 3.8) is 0 Å². The Bertz CT molecular complexity index is 321. The van der Waals surface area contributed by atoms with Crippen LogP contribution in [-0.2, 0) is 6.42 Å². The van der Waals surface area contributed by atoms with E-state index in [9.17, 15) is 4.79 Å². The fourth-order valence-corrected chi connectivity index (χ4v) is 1.23. The molecule has 3 N–H and O–H groups in total. The maximum absolute atomic E-state index is 10.6. The van der Waals surface area contributed by atoms with Crippen LogP contribution in [0.1, 0.15) is 21.5 Å². The molecule has 0 heterocycles. The van der Waals surface area contributed by atoms with Crippen molar-refractivity contribution in [3.8, 4) is 0 Å². The summed E-state index contributed by atoms with van der Waals surface area (Å²) in [6.45, 7) is 2.50. The lowest BCUT2D eigenvalue weighted by atomic mass is 10.0. The van der Waals surface area contributed by atoms with E-state index >= 15 is 0 Å². The average Bonchev–Trinajstić information content (AvgIpc) is 2.08. The number of aryl methyl sites for hydroxylation is 1. The van der Waals surface area contributed by atoms with Gasteiger partial charge in [-0.25, -0.2) is 4.79 Å². The highest BCUT2D eigenvalue weighted by molar-refractivity contribution is 5.87. The molecule has 1 rings (SSSR count). The molecule has 0 aliphatic carbocycles. The van der Waals surface area contributed by atoms with Crippen LogP contribution in [0, 0.1) is 6.92 Å². The van der Waals surface area contributed by atoms with Crippen molar-refractivity contribution < 1.29 is 9.90 Å². The minimum atomic E-state index is -0.890. The van der Waals surface area contributed by atoms with Gasteiger partial charge >= 0.3 is 5.97 Å². The van der Waals surface area contributed by atoms with Gasteiger partial charge in [-0.3, -0.25) is 0 Å². The first-order chi connectivity index (χ1) is 6.15. The van der Waals surface area contributed by atoms with E-state index in [1.807, 2.05) is 13.0 Å². The van der Waals surface area contributed by atoms with Crippen LogP contribution >= 0.6 is 0 Å². The average molecular weight is 179 g/mol. The predicted molar refractivity (Wildman–Crippen MR) is 50.9 cm³/mol. The zero-order valence-electron chi connectivity index (χ0n) is 7.58. The molecule has 3 nitrogen and oxygen atoms in total. The Kier molecular flexibility index (Phi) is 3.03. The number of carbonyl (C=O) groups is 1. The summed E-state index contributed by atoms with van der Waals surface area (Å²) in [5, 5.41) is 8.74. The predicted octanol–water partition coefficient (Wildman–Crippen LogP) is 1.19. The van der Waals surface area contributed by atoms with Gasteiger partial charge in [0.05, 0.1) is 5.56 Å². The van der Waals surface area contributed by atoms with Gasteiger partial charge in [0.2, 0.25) is 0 Å². The van der Waals surface area contributed by atoms with E-state index in [2.05, 4.69) is 0 Å². The third-order valence-electron chi connectivity index (χ3n) is 2.01. The van der Waals surface area contributed by atoms with Gasteiger partial charge in [-0.2, -0.15) is 0 Å². The van der Waals surface area contributed by atoms with E-state index < -0.39 is 5.97 Å². The van der Waals surface area contributed by atoms with Crippen molar-refractivity contribution in [2.24, 2.45) is 5.73 Å². The van der Waals surface area contributed by atoms with Crippen molar-refractivity contribution in [2.75, 3.05) is 6.54 Å². The lowest BCUT2D eigenvalue weighted by molar-refractivity contribution is 0.0697. The smallest absolute Gasteiger partial charge is 0.335 e. The molecule has 0 fully saturated rings. The first-order valence-electron chi connectivity index (χ1n) is 4.18. The fourth-order valence-electron chi connectivity index (χ4n) is 1.23. The zero-order valence-corrected chi connectivity index (χ0v) is 7.58. The van der Waals surface area contributed by atoms with Crippen molar-refractivity contribution in [1.29, 1.82) is 0 Å². The summed E-state index contributed by atoms with van der Waals surface area (Å²) in [7, 11) is 0. The Morgan fingerprint density at radius 1 is 1.54 bits per heavy atom. The summed E-state index contributed by atoms with van der Waals surface area (Å²) in [6, 6.07) is 5.11. The Morgan fingerprint density at radius 2 is 2.23 bits per heavy atom. The lowest BCUT2D eigenvalue weighted by Gasteiger charge is -2.04. The maximum atomic E-state index is 10.6. The Balaban J connectivity index is 3.03. The Hall–Kier alpha value is -1.35. The van der Waals surface area contributed by atoms with Crippen LogP contribution in [-0.4, -0.2) is 17.6 Å². The molecule has 13 heavy (non-hydrogen) atoms. The van der Waals surface area contributed by atoms with E-state index in [0.29, 0.717) is 12.1 Å². The van der Waals surface area contributed by atoms with Gasteiger partial charge in [-0.1, -0.05) is 6.07 Å². The van der Waals surface area contributed by atoms with Gasteiger partial charge in [0.1, 0.15) is 0 Å². The van der Waals surface area contributed by atoms with Gasteiger partial charge in [0, 0.05) is 0 Å². The largest absolute Gasteiger partial charge is 0.478 e. The highest BCUT2D eigenvalue weighted by Gasteiger charge is 2.04. The van der Waals surface area contributed by atoms with Crippen molar-refractivity contribution >= 4 is 5.97 Å². The maximum Gasteiger partial charge on any atom is 0.335 e. The summed E-state index contributed by atoms with van der Waals surface area (Å²) >= 11 is 0. The monoisotopic (exact) mass is 179 g/mol. The van der Waals surface area contributed by atoms with Crippen LogP contribution in [0.5, 0.6) is 0 Å². The summed E-state index contributed by atoms with van der Waals surface area (Å²) < 4.78 is 0. The van der Waals surface area contributed by atoms with Crippen molar-refractivity contribution in [2.45, 2.75) is 13.3 Å². The van der Waals surface area contributed by atoms with Crippen LogP contribution in [0.4, 0.5) is 0 Å². The highest BCUT2D eigenvalue weighted by Crippen LogP contribution is 2.11. The summed E-state index contributed by atoms with van der Waals surface area (Å²) in [5.41, 5.74) is 7.85. The number of carboxylic acids is 1. The van der Waals surface area contributed by atoms with E-state index in [0.717, 1.165) is 17.5 Å². The number of carboxylic acid groups (broad SMARTS) is 1. The van der Waals surface area contributed by atoms with Crippen molar-refractivity contribution in [3.05, 3.63) is 34.9 Å². The quantitative estimate of drug-likeness (QED) is 0.732. The fraction of sp³-hybridized carbons (Fsp3) is 0.300. The summed E-state index contributed by atoms with van der Waals surface area (Å²) in [6.07, 6.45) is 0.729. The minimum absolute atomic E-state index is 0.328. The molecule has 1 aromatic carbocycles. The molecule has 0 aliphatic heterocycles. The SMILES string of the molecule is Cc1ccc(C(=O)O)cc1CCN. The topological polar surface area (TPSA) is 63.3 Å². The lowest BCUT2D eigenvalue weighted by Crippen LogP contribution is -2.06. The Labute approximate surface area is 77.2 Å². The van der Waals surface area contributed by atoms with E-state index in [4.69, 9.17) is 10.8 Å². The molecule has 3 heteroatoms. The molecular formula is C10H13NO2.